The maximum Gasteiger partial charge on any atom is 0.321 e. The number of hydrogen-bond donors (Lipinski definition) is 2. The van der Waals surface area contributed by atoms with Crippen LogP contribution in [0, 0.1) is 5.41 Å². The van der Waals surface area contributed by atoms with Crippen LogP contribution in [0.3, 0.4) is 0 Å². The lowest BCUT2D eigenvalue weighted by atomic mass is 9.75. The van der Waals surface area contributed by atoms with Crippen molar-refractivity contribution in [2.24, 2.45) is 11.1 Å². The summed E-state index contributed by atoms with van der Waals surface area (Å²) in [6.07, 6.45) is 9.66. The van der Waals surface area contributed by atoms with Crippen LogP contribution in [0.25, 0.3) is 0 Å². The Morgan fingerprint density at radius 1 is 1.43 bits per heavy atom. The van der Waals surface area contributed by atoms with E-state index in [0.717, 1.165) is 12.0 Å². The van der Waals surface area contributed by atoms with Crippen molar-refractivity contribution in [3.63, 3.8) is 0 Å². The van der Waals surface area contributed by atoms with E-state index in [-0.39, 0.29) is 11.3 Å². The molecule has 0 fully saturated rings. The summed E-state index contributed by atoms with van der Waals surface area (Å²) >= 11 is 0. The van der Waals surface area contributed by atoms with Gasteiger partial charge in [0.25, 0.3) is 0 Å². The second kappa shape index (κ2) is 4.85. The van der Waals surface area contributed by atoms with Crippen LogP contribution >= 0.6 is 0 Å². The van der Waals surface area contributed by atoms with Crippen LogP contribution in [0.2, 0.25) is 0 Å². The highest BCUT2D eigenvalue weighted by molar-refractivity contribution is 5.74. The predicted octanol–water partition coefficient (Wildman–Crippen LogP) is 2.97. The SMILES string of the molecule is C[C@H](c1cccc2c1CC1(C)C=CC=CC21)[C@H](N)C(=O)O. The largest absolute Gasteiger partial charge is 0.480 e. The number of rotatable bonds is 3. The number of nitrogens with two attached hydrogens (primary N) is 1. The first kappa shape index (κ1) is 14.1. The zero-order valence-electron chi connectivity index (χ0n) is 12.4. The lowest BCUT2D eigenvalue weighted by Gasteiger charge is -2.28. The molecule has 3 rings (SSSR count). The third kappa shape index (κ3) is 2.12. The molecule has 3 N–H and O–H groups in total. The van der Waals surface area contributed by atoms with Gasteiger partial charge >= 0.3 is 5.97 Å². The smallest absolute Gasteiger partial charge is 0.321 e. The first-order chi connectivity index (χ1) is 9.94. The van der Waals surface area contributed by atoms with E-state index in [1.54, 1.807) is 0 Å². The molecule has 2 unspecified atom stereocenters. The third-order valence-electron chi connectivity index (χ3n) is 5.06. The molecule has 1 aromatic rings. The summed E-state index contributed by atoms with van der Waals surface area (Å²) in [4.78, 5) is 11.2. The summed E-state index contributed by atoms with van der Waals surface area (Å²) in [5, 5.41) is 9.17. The van der Waals surface area contributed by atoms with Crippen LogP contribution in [0.15, 0.2) is 42.5 Å². The van der Waals surface area contributed by atoms with Crippen molar-refractivity contribution in [1.29, 1.82) is 0 Å². The Labute approximate surface area is 125 Å². The van der Waals surface area contributed by atoms with Crippen LogP contribution in [0.4, 0.5) is 0 Å². The fourth-order valence-corrected chi connectivity index (χ4v) is 3.74. The number of benzene rings is 1. The second-order valence-corrected chi connectivity index (χ2v) is 6.47. The Bertz CT molecular complexity index is 647. The standard InChI is InChI=1S/C18H21NO2/c1-11(16(19)17(20)21)12-6-5-7-13-14(12)10-18(2)9-4-3-8-15(13)18/h3-9,11,15-16H,10,19H2,1-2H3,(H,20,21)/t11-,15?,16+,18?/m1/s1. The number of carboxylic acid groups (broad SMARTS) is 1. The molecular weight excluding hydrogens is 262 g/mol. The van der Waals surface area contributed by atoms with Gasteiger partial charge in [-0.15, -0.1) is 0 Å². The average molecular weight is 283 g/mol. The molecule has 0 amide bonds. The summed E-state index contributed by atoms with van der Waals surface area (Å²) in [7, 11) is 0. The lowest BCUT2D eigenvalue weighted by Crippen LogP contribution is -2.35. The van der Waals surface area contributed by atoms with E-state index < -0.39 is 12.0 Å². The Kier molecular flexibility index (Phi) is 3.25. The van der Waals surface area contributed by atoms with E-state index in [0.29, 0.717) is 5.92 Å². The van der Waals surface area contributed by atoms with Gasteiger partial charge in [0.2, 0.25) is 0 Å². The second-order valence-electron chi connectivity index (χ2n) is 6.47. The van der Waals surface area contributed by atoms with Crippen LogP contribution < -0.4 is 5.73 Å². The van der Waals surface area contributed by atoms with Gasteiger partial charge in [-0.3, -0.25) is 4.79 Å². The van der Waals surface area contributed by atoms with Crippen molar-refractivity contribution in [2.45, 2.75) is 38.1 Å². The fourth-order valence-electron chi connectivity index (χ4n) is 3.74. The van der Waals surface area contributed by atoms with Gasteiger partial charge in [0.15, 0.2) is 0 Å². The molecule has 21 heavy (non-hydrogen) atoms. The average Bonchev–Trinajstić information content (AvgIpc) is 2.77. The molecule has 3 nitrogen and oxygen atoms in total. The number of allylic oxidation sites excluding steroid dienone is 4. The van der Waals surface area contributed by atoms with Crippen molar-refractivity contribution < 1.29 is 9.90 Å². The van der Waals surface area contributed by atoms with Gasteiger partial charge in [-0.1, -0.05) is 56.4 Å². The van der Waals surface area contributed by atoms with Gasteiger partial charge in [0, 0.05) is 17.3 Å². The van der Waals surface area contributed by atoms with Crippen molar-refractivity contribution >= 4 is 5.97 Å². The van der Waals surface area contributed by atoms with Gasteiger partial charge in [0.05, 0.1) is 0 Å². The molecule has 3 heteroatoms. The monoisotopic (exact) mass is 283 g/mol. The Morgan fingerprint density at radius 3 is 2.90 bits per heavy atom. The molecule has 0 heterocycles. The van der Waals surface area contributed by atoms with Gasteiger partial charge in [-0.2, -0.15) is 0 Å². The Hall–Kier alpha value is -1.87. The van der Waals surface area contributed by atoms with Crippen molar-refractivity contribution in [1.82, 2.24) is 0 Å². The summed E-state index contributed by atoms with van der Waals surface area (Å²) in [5.74, 6) is -0.749. The number of hydrogen-bond acceptors (Lipinski definition) is 2. The zero-order chi connectivity index (χ0) is 15.2. The summed E-state index contributed by atoms with van der Waals surface area (Å²) in [5.41, 5.74) is 9.62. The molecule has 1 aromatic carbocycles. The van der Waals surface area contributed by atoms with E-state index in [1.165, 1.54) is 11.1 Å². The van der Waals surface area contributed by atoms with Crippen LogP contribution in [0.5, 0.6) is 0 Å². The highest BCUT2D eigenvalue weighted by Crippen LogP contribution is 2.52. The molecule has 110 valence electrons. The molecule has 2 aliphatic rings. The first-order valence-electron chi connectivity index (χ1n) is 7.40. The molecule has 0 aliphatic heterocycles. The molecule has 0 radical (unpaired) electrons. The van der Waals surface area contributed by atoms with Gasteiger partial charge in [-0.25, -0.2) is 0 Å². The normalized spacial score (nSPS) is 28.8. The Balaban J connectivity index is 2.05. The quantitative estimate of drug-likeness (QED) is 0.896. The van der Waals surface area contributed by atoms with E-state index >= 15 is 0 Å². The van der Waals surface area contributed by atoms with E-state index in [4.69, 9.17) is 5.73 Å². The fraction of sp³-hybridized carbons (Fsp3) is 0.389. The molecule has 0 aromatic heterocycles. The Morgan fingerprint density at radius 2 is 2.19 bits per heavy atom. The lowest BCUT2D eigenvalue weighted by molar-refractivity contribution is -0.139. The van der Waals surface area contributed by atoms with E-state index in [1.807, 2.05) is 19.1 Å². The van der Waals surface area contributed by atoms with Gasteiger partial charge < -0.3 is 10.8 Å². The molecule has 0 bridgehead atoms. The van der Waals surface area contributed by atoms with E-state index in [2.05, 4.69) is 37.3 Å². The number of carboxylic acids is 1. The van der Waals surface area contributed by atoms with Crippen LogP contribution in [-0.4, -0.2) is 17.1 Å². The molecule has 0 spiro atoms. The summed E-state index contributed by atoms with van der Waals surface area (Å²) in [6, 6.07) is 5.35. The van der Waals surface area contributed by atoms with Crippen molar-refractivity contribution in [2.75, 3.05) is 0 Å². The van der Waals surface area contributed by atoms with Crippen molar-refractivity contribution in [3.05, 3.63) is 59.2 Å². The highest BCUT2D eigenvalue weighted by atomic mass is 16.4. The predicted molar refractivity (Wildman–Crippen MR) is 83.3 cm³/mol. The molecule has 4 atom stereocenters. The third-order valence-corrected chi connectivity index (χ3v) is 5.06. The molecule has 2 aliphatic carbocycles. The minimum Gasteiger partial charge on any atom is -0.480 e. The van der Waals surface area contributed by atoms with Gasteiger partial charge in [-0.05, 0) is 23.1 Å². The number of carbonyl (C=O) groups is 1. The first-order valence-corrected chi connectivity index (χ1v) is 7.40. The highest BCUT2D eigenvalue weighted by Gasteiger charge is 2.41. The van der Waals surface area contributed by atoms with E-state index in [9.17, 15) is 9.90 Å². The summed E-state index contributed by atoms with van der Waals surface area (Å²) in [6.45, 7) is 4.17. The number of fused-ring (bicyclic) bond motifs is 3. The summed E-state index contributed by atoms with van der Waals surface area (Å²) < 4.78 is 0. The maximum atomic E-state index is 11.2. The number of aliphatic carboxylic acids is 1. The molecule has 0 saturated heterocycles. The maximum absolute atomic E-state index is 11.2. The molecular formula is C18H21NO2. The van der Waals surface area contributed by atoms with Crippen molar-refractivity contribution in [3.8, 4) is 0 Å². The zero-order valence-corrected chi connectivity index (χ0v) is 12.4. The van der Waals surface area contributed by atoms with Crippen LogP contribution in [-0.2, 0) is 11.2 Å². The van der Waals surface area contributed by atoms with Gasteiger partial charge in [0.1, 0.15) is 6.04 Å². The minimum atomic E-state index is -0.943. The van der Waals surface area contributed by atoms with Crippen LogP contribution in [0.1, 0.15) is 42.4 Å². The topological polar surface area (TPSA) is 63.3 Å². The molecule has 0 saturated carbocycles. The minimum absolute atomic E-state index is 0.0974.